The molecule has 170 valence electrons. The first-order valence-electron chi connectivity index (χ1n) is 10.9. The number of ketones is 1. The molecule has 0 radical (unpaired) electrons. The fourth-order valence-corrected chi connectivity index (χ4v) is 4.07. The van der Waals surface area contributed by atoms with Crippen molar-refractivity contribution < 1.29 is 14.0 Å². The molecule has 0 spiro atoms. The van der Waals surface area contributed by atoms with Gasteiger partial charge in [0.15, 0.2) is 5.78 Å². The summed E-state index contributed by atoms with van der Waals surface area (Å²) in [6.07, 6.45) is 7.10. The van der Waals surface area contributed by atoms with Crippen LogP contribution in [0.3, 0.4) is 0 Å². The van der Waals surface area contributed by atoms with Crippen LogP contribution in [0, 0.1) is 11.7 Å². The van der Waals surface area contributed by atoms with Crippen LogP contribution in [0.4, 0.5) is 4.39 Å². The van der Waals surface area contributed by atoms with Gasteiger partial charge in [0.2, 0.25) is 5.91 Å². The number of nitrogens with one attached hydrogen (secondary N) is 1. The van der Waals surface area contributed by atoms with E-state index in [0.717, 1.165) is 12.3 Å². The number of fused-ring (bicyclic) bond motifs is 1. The minimum atomic E-state index is -0.522. The van der Waals surface area contributed by atoms with Crippen LogP contribution in [0.5, 0.6) is 0 Å². The number of H-pyrrole nitrogens is 1. The van der Waals surface area contributed by atoms with E-state index in [2.05, 4.69) is 15.2 Å². The molecular formula is C22H27FN6O3. The number of aryl methyl sites for hydroxylation is 1. The normalized spacial score (nSPS) is 15.1. The number of aromatic amines is 1. The monoisotopic (exact) mass is 442 g/mol. The van der Waals surface area contributed by atoms with Crippen molar-refractivity contribution in [1.29, 1.82) is 0 Å². The highest BCUT2D eigenvalue weighted by Crippen LogP contribution is 2.23. The van der Waals surface area contributed by atoms with Gasteiger partial charge in [-0.1, -0.05) is 0 Å². The molecule has 0 aromatic carbocycles. The summed E-state index contributed by atoms with van der Waals surface area (Å²) in [6, 6.07) is 1.33. The Kier molecular flexibility index (Phi) is 6.20. The maximum Gasteiger partial charge on any atom is 0.275 e. The van der Waals surface area contributed by atoms with Crippen molar-refractivity contribution in [3.8, 4) is 0 Å². The molecular weight excluding hydrogens is 415 g/mol. The molecule has 1 fully saturated rings. The van der Waals surface area contributed by atoms with Gasteiger partial charge in [0.05, 0.1) is 18.0 Å². The summed E-state index contributed by atoms with van der Waals surface area (Å²) in [4.78, 5) is 41.7. The summed E-state index contributed by atoms with van der Waals surface area (Å²) in [7, 11) is 0. The molecule has 0 atom stereocenters. The van der Waals surface area contributed by atoms with Gasteiger partial charge < -0.3 is 9.88 Å². The quantitative estimate of drug-likeness (QED) is 0.566. The Morgan fingerprint density at radius 2 is 2.00 bits per heavy atom. The fraction of sp³-hybridized carbons (Fsp3) is 0.500. The molecule has 10 heteroatoms. The Morgan fingerprint density at radius 3 is 2.69 bits per heavy atom. The third-order valence-electron chi connectivity index (χ3n) is 5.92. The molecule has 1 aliphatic heterocycles. The standard InChI is InChI=1S/C22H27FN6O3/c1-14(2)28-12-16(11-24-28)21(31)15-6-8-27(9-7-15)20(30)5-3-4-19-25-22(32)18-10-17(23)13-29(18)26-19/h10-15H,3-9H2,1-2H3,(H,25,26,32). The lowest BCUT2D eigenvalue weighted by molar-refractivity contribution is -0.132. The maximum absolute atomic E-state index is 13.3. The third-order valence-corrected chi connectivity index (χ3v) is 5.92. The number of carbonyl (C=O) groups excluding carboxylic acids is 2. The number of nitrogens with zero attached hydrogens (tertiary/aromatic N) is 5. The smallest absolute Gasteiger partial charge is 0.275 e. The van der Waals surface area contributed by atoms with Gasteiger partial charge in [0.1, 0.15) is 17.2 Å². The topological polar surface area (TPSA) is 105 Å². The van der Waals surface area contributed by atoms with Gasteiger partial charge in [0, 0.05) is 50.2 Å². The molecule has 3 aromatic heterocycles. The number of amides is 1. The second-order valence-electron chi connectivity index (χ2n) is 8.56. The number of piperidine rings is 1. The van der Waals surface area contributed by atoms with Crippen LogP contribution in [-0.2, 0) is 11.2 Å². The zero-order valence-electron chi connectivity index (χ0n) is 18.3. The van der Waals surface area contributed by atoms with Crippen LogP contribution in [0.15, 0.2) is 29.5 Å². The van der Waals surface area contributed by atoms with Crippen molar-refractivity contribution >= 4 is 17.2 Å². The minimum Gasteiger partial charge on any atom is -0.343 e. The second-order valence-corrected chi connectivity index (χ2v) is 8.56. The molecule has 4 heterocycles. The van der Waals surface area contributed by atoms with Crippen molar-refractivity contribution in [2.24, 2.45) is 5.92 Å². The first-order chi connectivity index (χ1) is 15.3. The van der Waals surface area contributed by atoms with E-state index in [0.29, 0.717) is 56.6 Å². The summed E-state index contributed by atoms with van der Waals surface area (Å²) in [5.41, 5.74) is 0.372. The number of aromatic nitrogens is 5. The van der Waals surface area contributed by atoms with Crippen molar-refractivity contribution in [2.75, 3.05) is 13.1 Å². The average molecular weight is 442 g/mol. The number of halogens is 1. The van der Waals surface area contributed by atoms with Gasteiger partial charge in [-0.05, 0) is 33.1 Å². The Balaban J connectivity index is 1.25. The molecule has 0 unspecified atom stereocenters. The molecule has 1 N–H and O–H groups in total. The molecule has 1 amide bonds. The Labute approximate surface area is 184 Å². The third kappa shape index (κ3) is 4.63. The van der Waals surface area contributed by atoms with Gasteiger partial charge in [-0.25, -0.2) is 8.91 Å². The molecule has 1 aliphatic rings. The van der Waals surface area contributed by atoms with Crippen molar-refractivity contribution in [3.05, 3.63) is 52.2 Å². The van der Waals surface area contributed by atoms with E-state index in [1.54, 1.807) is 22.0 Å². The summed E-state index contributed by atoms with van der Waals surface area (Å²) in [5, 5.41) is 8.43. The lowest BCUT2D eigenvalue weighted by atomic mass is 9.90. The van der Waals surface area contributed by atoms with E-state index >= 15 is 0 Å². The van der Waals surface area contributed by atoms with Crippen LogP contribution < -0.4 is 5.56 Å². The van der Waals surface area contributed by atoms with Crippen LogP contribution in [0.2, 0.25) is 0 Å². The molecule has 32 heavy (non-hydrogen) atoms. The molecule has 3 aromatic rings. The summed E-state index contributed by atoms with van der Waals surface area (Å²) >= 11 is 0. The molecule has 0 aliphatic carbocycles. The van der Waals surface area contributed by atoms with Gasteiger partial charge in [-0.2, -0.15) is 10.2 Å². The van der Waals surface area contributed by atoms with E-state index in [1.165, 1.54) is 4.52 Å². The highest BCUT2D eigenvalue weighted by molar-refractivity contribution is 5.97. The van der Waals surface area contributed by atoms with E-state index in [1.807, 2.05) is 13.8 Å². The minimum absolute atomic E-state index is 0.0268. The van der Waals surface area contributed by atoms with Crippen molar-refractivity contribution in [3.63, 3.8) is 0 Å². The van der Waals surface area contributed by atoms with Crippen LogP contribution >= 0.6 is 0 Å². The van der Waals surface area contributed by atoms with Gasteiger partial charge in [-0.15, -0.1) is 0 Å². The van der Waals surface area contributed by atoms with Crippen LogP contribution in [0.25, 0.3) is 5.52 Å². The van der Waals surface area contributed by atoms with Gasteiger partial charge in [0.25, 0.3) is 5.56 Å². The van der Waals surface area contributed by atoms with E-state index in [9.17, 15) is 18.8 Å². The lowest BCUT2D eigenvalue weighted by Gasteiger charge is -2.31. The number of hydrogen-bond acceptors (Lipinski definition) is 5. The highest BCUT2D eigenvalue weighted by Gasteiger charge is 2.28. The number of Topliss-reactive ketones (excluding diaryl/α,β-unsaturated/α-hetero) is 1. The van der Waals surface area contributed by atoms with Crippen molar-refractivity contribution in [2.45, 2.75) is 52.0 Å². The van der Waals surface area contributed by atoms with E-state index in [4.69, 9.17) is 0 Å². The lowest BCUT2D eigenvalue weighted by Crippen LogP contribution is -2.40. The molecule has 0 saturated carbocycles. The molecule has 1 saturated heterocycles. The predicted molar refractivity (Wildman–Crippen MR) is 115 cm³/mol. The Hall–Kier alpha value is -3.30. The maximum atomic E-state index is 13.3. The zero-order chi connectivity index (χ0) is 22.8. The summed E-state index contributed by atoms with van der Waals surface area (Å²) in [6.45, 7) is 5.13. The predicted octanol–water partition coefficient (Wildman–Crippen LogP) is 2.38. The zero-order valence-corrected chi connectivity index (χ0v) is 18.3. The van der Waals surface area contributed by atoms with Crippen molar-refractivity contribution in [1.82, 2.24) is 29.3 Å². The summed E-state index contributed by atoms with van der Waals surface area (Å²) < 4.78 is 16.3. The number of carbonyl (C=O) groups is 2. The van der Waals surface area contributed by atoms with Gasteiger partial charge >= 0.3 is 0 Å². The van der Waals surface area contributed by atoms with E-state index < -0.39 is 11.4 Å². The first-order valence-corrected chi connectivity index (χ1v) is 10.9. The number of rotatable bonds is 7. The Morgan fingerprint density at radius 1 is 1.25 bits per heavy atom. The van der Waals surface area contributed by atoms with Gasteiger partial charge in [-0.3, -0.25) is 19.1 Å². The highest BCUT2D eigenvalue weighted by atomic mass is 19.1. The molecule has 4 rings (SSSR count). The van der Waals surface area contributed by atoms with E-state index in [-0.39, 0.29) is 29.2 Å². The molecule has 9 nitrogen and oxygen atoms in total. The van der Waals surface area contributed by atoms with Crippen LogP contribution in [0.1, 0.15) is 61.8 Å². The second kappa shape index (κ2) is 9.05. The number of likely N-dealkylation sites (tertiary alicyclic amines) is 1. The largest absolute Gasteiger partial charge is 0.343 e. The summed E-state index contributed by atoms with van der Waals surface area (Å²) in [5.74, 6) is -0.0789. The fourth-order valence-electron chi connectivity index (χ4n) is 4.07. The van der Waals surface area contributed by atoms with Crippen LogP contribution in [-0.4, -0.2) is 54.1 Å². The SMILES string of the molecule is CC(C)n1cc(C(=O)C2CCN(C(=O)CCCc3nn4cc(F)cc4c(=O)[nH]3)CC2)cn1. The number of hydrogen-bond donors (Lipinski definition) is 1. The molecule has 0 bridgehead atoms. The first kappa shape index (κ1) is 21.9. The Bertz CT molecular complexity index is 1190. The average Bonchev–Trinajstić information content (AvgIpc) is 3.40.